The topological polar surface area (TPSA) is 40.1 Å². The van der Waals surface area contributed by atoms with Crippen molar-refractivity contribution in [1.82, 2.24) is 0 Å². The smallest absolute Gasteiger partial charge is 0.327 e. The summed E-state index contributed by atoms with van der Waals surface area (Å²) >= 11 is 1.31. The molecule has 4 heteroatoms. The Balaban J connectivity index is 2.56. The fourth-order valence-electron chi connectivity index (χ4n) is 0.496. The number of hydrogen-bond donors (Lipinski definition) is 0. The van der Waals surface area contributed by atoms with E-state index in [0.29, 0.717) is 0 Å². The lowest BCUT2D eigenvalue weighted by molar-refractivity contribution is -0.164. The molecule has 0 aromatic rings. The molecule has 0 aromatic carbocycles. The van der Waals surface area contributed by atoms with E-state index in [4.69, 9.17) is 0 Å². The lowest BCUT2D eigenvalue weighted by Crippen LogP contribution is -2.00. The third-order valence-corrected chi connectivity index (χ3v) is 3.11. The van der Waals surface area contributed by atoms with Gasteiger partial charge in [0.1, 0.15) is 0 Å². The normalized spacial score (nSPS) is 26.3. The van der Waals surface area contributed by atoms with Crippen LogP contribution in [0.3, 0.4) is 0 Å². The quantitative estimate of drug-likeness (QED) is 0.541. The van der Waals surface area contributed by atoms with E-state index in [1.54, 1.807) is 17.6 Å². The van der Waals surface area contributed by atoms with Crippen molar-refractivity contribution in [3.63, 3.8) is 0 Å². The van der Waals surface area contributed by atoms with Gasteiger partial charge in [-0.05, 0) is 11.5 Å². The van der Waals surface area contributed by atoms with Gasteiger partial charge in [-0.2, -0.15) is 0 Å². The van der Waals surface area contributed by atoms with E-state index in [9.17, 15) is 9.46 Å². The van der Waals surface area contributed by atoms with Gasteiger partial charge in [0.2, 0.25) is 4.99 Å². The molecule has 48 valence electrons. The van der Waals surface area contributed by atoms with Crippen molar-refractivity contribution >= 4 is 19.8 Å². The highest BCUT2D eigenvalue weighted by Crippen LogP contribution is 2.32. The molecule has 1 heterocycles. The Morgan fingerprint density at radius 2 is 2.33 bits per heavy atom. The van der Waals surface area contributed by atoms with Crippen LogP contribution in [0.15, 0.2) is 23.6 Å². The number of hydrogen-bond acceptors (Lipinski definition) is 3. The molecule has 0 bridgehead atoms. The average molecular weight is 160 g/mol. The predicted octanol–water partition coefficient (Wildman–Crippen LogP) is 1.23. The van der Waals surface area contributed by atoms with Gasteiger partial charge in [0.15, 0.2) is 0 Å². The third kappa shape index (κ3) is 1.94. The lowest BCUT2D eigenvalue weighted by atomic mass is 10.5. The second kappa shape index (κ2) is 3.16. The molecule has 2 nitrogen and oxygen atoms in total. The molecule has 1 aliphatic heterocycles. The predicted molar refractivity (Wildman–Crippen MR) is 37.3 cm³/mol. The van der Waals surface area contributed by atoms with Crippen molar-refractivity contribution in [2.24, 2.45) is 0 Å². The highest BCUT2D eigenvalue weighted by molar-refractivity contribution is 8.06. The van der Waals surface area contributed by atoms with E-state index in [0.717, 1.165) is 0 Å². The van der Waals surface area contributed by atoms with E-state index in [1.165, 1.54) is 11.8 Å². The molecule has 0 spiro atoms. The van der Waals surface area contributed by atoms with Crippen LogP contribution in [0.1, 0.15) is 0 Å². The Labute approximate surface area is 58.5 Å². The summed E-state index contributed by atoms with van der Waals surface area (Å²) in [6.45, 7) is 0. The minimum absolute atomic E-state index is 0.343. The van der Waals surface area contributed by atoms with Gasteiger partial charge in [-0.25, -0.2) is 0 Å². The van der Waals surface area contributed by atoms with Crippen LogP contribution < -0.4 is 4.89 Å². The molecule has 2 unspecified atom stereocenters. The SMILES string of the molecule is O=[P+]([O-])C1C=CC=CS1. The first-order valence-corrected chi connectivity index (χ1v) is 4.62. The summed E-state index contributed by atoms with van der Waals surface area (Å²) < 4.78 is 10.3. The zero-order chi connectivity index (χ0) is 6.69. The summed E-state index contributed by atoms with van der Waals surface area (Å²) in [5.74, 6) is 0. The van der Waals surface area contributed by atoms with E-state index in [2.05, 4.69) is 0 Å². The second-order valence-corrected chi connectivity index (χ2v) is 4.05. The summed E-state index contributed by atoms with van der Waals surface area (Å²) in [7, 11) is -2.29. The first kappa shape index (κ1) is 7.00. The van der Waals surface area contributed by atoms with Gasteiger partial charge in [0, 0.05) is 0 Å². The fourth-order valence-corrected chi connectivity index (χ4v) is 1.87. The van der Waals surface area contributed by atoms with Crippen molar-refractivity contribution in [2.45, 2.75) is 4.99 Å². The summed E-state index contributed by atoms with van der Waals surface area (Å²) in [5.41, 5.74) is 0. The number of thioether (sulfide) groups is 1. The first-order chi connectivity index (χ1) is 4.30. The maximum absolute atomic E-state index is 10.3. The van der Waals surface area contributed by atoms with Gasteiger partial charge in [-0.15, -0.1) is 0 Å². The lowest BCUT2D eigenvalue weighted by Gasteiger charge is -2.00. The van der Waals surface area contributed by atoms with Gasteiger partial charge in [-0.1, -0.05) is 28.5 Å². The minimum Gasteiger partial charge on any atom is -0.594 e. The molecule has 0 saturated heterocycles. The molecule has 0 N–H and O–H groups in total. The Hall–Kier alpha value is -0.110. The molecule has 1 aliphatic rings. The van der Waals surface area contributed by atoms with Crippen LogP contribution in [0, 0.1) is 0 Å². The summed E-state index contributed by atoms with van der Waals surface area (Å²) in [5, 5.41) is 1.77. The minimum atomic E-state index is -2.29. The van der Waals surface area contributed by atoms with Crippen LogP contribution in [0.25, 0.3) is 0 Å². The molecule has 0 amide bonds. The fraction of sp³-hybridized carbons (Fsp3) is 0.200. The van der Waals surface area contributed by atoms with Gasteiger partial charge in [-0.3, -0.25) is 0 Å². The highest BCUT2D eigenvalue weighted by Gasteiger charge is 2.17. The Morgan fingerprint density at radius 3 is 2.67 bits per heavy atom. The van der Waals surface area contributed by atoms with Crippen LogP contribution in [0.4, 0.5) is 0 Å². The molecule has 0 aliphatic carbocycles. The van der Waals surface area contributed by atoms with Crippen molar-refractivity contribution in [1.29, 1.82) is 0 Å². The highest BCUT2D eigenvalue weighted by atomic mass is 32.2. The summed E-state index contributed by atoms with van der Waals surface area (Å²) in [4.78, 5) is 9.94. The number of allylic oxidation sites excluding steroid dienone is 2. The van der Waals surface area contributed by atoms with Crippen LogP contribution in [-0.2, 0) is 4.57 Å². The molecule has 1 rings (SSSR count). The maximum atomic E-state index is 10.3. The van der Waals surface area contributed by atoms with Crippen molar-refractivity contribution in [3.05, 3.63) is 23.6 Å². The van der Waals surface area contributed by atoms with Gasteiger partial charge >= 0.3 is 8.03 Å². The van der Waals surface area contributed by atoms with Gasteiger partial charge in [0.05, 0.1) is 0 Å². The Bertz CT molecular complexity index is 176. The van der Waals surface area contributed by atoms with Crippen molar-refractivity contribution in [3.8, 4) is 0 Å². The largest absolute Gasteiger partial charge is 0.594 e. The molecule has 0 aromatic heterocycles. The molecule has 0 radical (unpaired) electrons. The summed E-state index contributed by atoms with van der Waals surface area (Å²) in [6, 6.07) is 0. The second-order valence-electron chi connectivity index (χ2n) is 1.53. The molecule has 0 saturated carbocycles. The van der Waals surface area contributed by atoms with E-state index in [-0.39, 0.29) is 4.99 Å². The molecule has 0 fully saturated rings. The zero-order valence-electron chi connectivity index (χ0n) is 4.56. The van der Waals surface area contributed by atoms with Crippen molar-refractivity contribution < 1.29 is 9.46 Å². The van der Waals surface area contributed by atoms with Gasteiger partial charge in [0.25, 0.3) is 0 Å². The molecular weight excluding hydrogens is 155 g/mol. The van der Waals surface area contributed by atoms with Crippen LogP contribution in [0.5, 0.6) is 0 Å². The monoisotopic (exact) mass is 160 g/mol. The maximum Gasteiger partial charge on any atom is 0.327 e. The van der Waals surface area contributed by atoms with Crippen LogP contribution in [-0.4, -0.2) is 4.99 Å². The third-order valence-electron chi connectivity index (χ3n) is 0.891. The van der Waals surface area contributed by atoms with Crippen LogP contribution >= 0.6 is 19.8 Å². The zero-order valence-corrected chi connectivity index (χ0v) is 6.27. The Morgan fingerprint density at radius 1 is 1.56 bits per heavy atom. The van der Waals surface area contributed by atoms with E-state index < -0.39 is 8.03 Å². The first-order valence-electron chi connectivity index (χ1n) is 2.43. The molecular formula is C5H5O2PS. The number of rotatable bonds is 1. The van der Waals surface area contributed by atoms with Crippen LogP contribution in [0.2, 0.25) is 0 Å². The van der Waals surface area contributed by atoms with Crippen molar-refractivity contribution in [2.75, 3.05) is 0 Å². The van der Waals surface area contributed by atoms with E-state index >= 15 is 0 Å². The Kier molecular flexibility index (Phi) is 2.46. The summed E-state index contributed by atoms with van der Waals surface area (Å²) in [6.07, 6.45) is 5.22. The molecule has 2 atom stereocenters. The average Bonchev–Trinajstić information content (AvgIpc) is 1.90. The van der Waals surface area contributed by atoms with Gasteiger partial charge < -0.3 is 4.89 Å². The molecule has 9 heavy (non-hydrogen) atoms. The van der Waals surface area contributed by atoms with E-state index in [1.807, 2.05) is 6.08 Å². The standard InChI is InChI=1S/C5H5O2PS/c6-8(7)5-3-1-2-4-9-5/h1-5H.